The Labute approximate surface area is 171 Å². The molecule has 0 spiro atoms. The quantitative estimate of drug-likeness (QED) is 0.794. The zero-order valence-corrected chi connectivity index (χ0v) is 16.9. The summed E-state index contributed by atoms with van der Waals surface area (Å²) in [7, 11) is 0. The van der Waals surface area contributed by atoms with Crippen LogP contribution in [0.4, 0.5) is 10.2 Å². The van der Waals surface area contributed by atoms with Gasteiger partial charge in [0.25, 0.3) is 0 Å². The lowest BCUT2D eigenvalue weighted by Gasteiger charge is -2.39. The normalized spacial score (nSPS) is 20.7. The predicted molar refractivity (Wildman–Crippen MR) is 111 cm³/mol. The number of aromatic nitrogens is 2. The largest absolute Gasteiger partial charge is 0.354 e. The third-order valence-corrected chi connectivity index (χ3v) is 6.02. The summed E-state index contributed by atoms with van der Waals surface area (Å²) in [5, 5.41) is 8.70. The van der Waals surface area contributed by atoms with Crippen molar-refractivity contribution in [1.82, 2.24) is 20.0 Å². The third-order valence-electron chi connectivity index (χ3n) is 6.02. The van der Waals surface area contributed by atoms with Crippen LogP contribution in [-0.2, 0) is 4.79 Å². The van der Waals surface area contributed by atoms with E-state index in [1.165, 1.54) is 12.1 Å². The summed E-state index contributed by atoms with van der Waals surface area (Å²) < 4.78 is 13.1. The lowest BCUT2D eigenvalue weighted by molar-refractivity contribution is -0.137. The molecule has 29 heavy (non-hydrogen) atoms. The Morgan fingerprint density at radius 2 is 1.79 bits per heavy atom. The summed E-state index contributed by atoms with van der Waals surface area (Å²) in [4.78, 5) is 19.6. The van der Waals surface area contributed by atoms with Crippen LogP contribution in [0, 0.1) is 11.7 Å². The fourth-order valence-corrected chi connectivity index (χ4v) is 4.20. The van der Waals surface area contributed by atoms with Gasteiger partial charge in [0.2, 0.25) is 5.91 Å². The minimum absolute atomic E-state index is 0.0236. The van der Waals surface area contributed by atoms with Gasteiger partial charge in [-0.2, -0.15) is 0 Å². The number of carbonyl (C=O) groups excluding carboxylic acids is 1. The summed E-state index contributed by atoms with van der Waals surface area (Å²) >= 11 is 0. The molecule has 2 aromatic rings. The number of benzene rings is 1. The number of rotatable bonds is 4. The van der Waals surface area contributed by atoms with Crippen LogP contribution in [0.15, 0.2) is 36.4 Å². The van der Waals surface area contributed by atoms with Crippen LogP contribution in [0.5, 0.6) is 0 Å². The number of carbonyl (C=O) groups is 1. The maximum atomic E-state index is 13.1. The first-order valence-corrected chi connectivity index (χ1v) is 10.5. The van der Waals surface area contributed by atoms with Crippen molar-refractivity contribution in [2.24, 2.45) is 5.92 Å². The van der Waals surface area contributed by atoms with E-state index in [9.17, 15) is 9.18 Å². The lowest BCUT2D eigenvalue weighted by Crippen LogP contribution is -2.52. The first kappa shape index (κ1) is 19.8. The van der Waals surface area contributed by atoms with E-state index >= 15 is 0 Å². The maximum absolute atomic E-state index is 13.1. The summed E-state index contributed by atoms with van der Waals surface area (Å²) in [5.74, 6) is 0.833. The van der Waals surface area contributed by atoms with Gasteiger partial charge in [-0.3, -0.25) is 4.79 Å². The molecule has 0 N–H and O–H groups in total. The van der Waals surface area contributed by atoms with Gasteiger partial charge in [0.15, 0.2) is 5.82 Å². The molecule has 1 atom stereocenters. The molecule has 0 aliphatic carbocycles. The van der Waals surface area contributed by atoms with Crippen molar-refractivity contribution in [3.05, 3.63) is 42.2 Å². The molecule has 0 bridgehead atoms. The summed E-state index contributed by atoms with van der Waals surface area (Å²) in [5.41, 5.74) is 1.55. The second kappa shape index (κ2) is 8.86. The van der Waals surface area contributed by atoms with Gasteiger partial charge in [-0.05, 0) is 55.8 Å². The molecule has 1 unspecified atom stereocenters. The molecule has 154 valence electrons. The van der Waals surface area contributed by atoms with Crippen molar-refractivity contribution in [2.45, 2.75) is 19.8 Å². The van der Waals surface area contributed by atoms with Crippen LogP contribution < -0.4 is 4.90 Å². The number of piperidine rings is 1. The van der Waals surface area contributed by atoms with Crippen LogP contribution in [-0.4, -0.2) is 71.7 Å². The number of likely N-dealkylation sites (N-methyl/N-ethyl adjacent to an activating group) is 1. The highest BCUT2D eigenvalue weighted by Gasteiger charge is 2.31. The van der Waals surface area contributed by atoms with Gasteiger partial charge in [0.1, 0.15) is 5.82 Å². The monoisotopic (exact) mass is 397 g/mol. The van der Waals surface area contributed by atoms with E-state index in [0.717, 1.165) is 63.5 Å². The average molecular weight is 397 g/mol. The molecule has 0 saturated carbocycles. The first-order chi connectivity index (χ1) is 14.1. The van der Waals surface area contributed by atoms with E-state index < -0.39 is 0 Å². The van der Waals surface area contributed by atoms with E-state index in [4.69, 9.17) is 0 Å². The number of hydrogen-bond acceptors (Lipinski definition) is 5. The molecular formula is C22H28FN5O. The van der Waals surface area contributed by atoms with E-state index in [-0.39, 0.29) is 17.6 Å². The summed E-state index contributed by atoms with van der Waals surface area (Å²) in [6.07, 6.45) is 1.91. The molecular weight excluding hydrogens is 369 g/mol. The van der Waals surface area contributed by atoms with Gasteiger partial charge in [0, 0.05) is 44.8 Å². The molecule has 7 heteroatoms. The molecule has 1 amide bonds. The summed E-state index contributed by atoms with van der Waals surface area (Å²) in [6, 6.07) is 10.1. The Morgan fingerprint density at radius 1 is 1.03 bits per heavy atom. The van der Waals surface area contributed by atoms with Crippen molar-refractivity contribution in [1.29, 1.82) is 0 Å². The fraction of sp³-hybridized carbons (Fsp3) is 0.500. The van der Waals surface area contributed by atoms with Crippen molar-refractivity contribution >= 4 is 11.7 Å². The molecule has 4 rings (SSSR count). The van der Waals surface area contributed by atoms with Gasteiger partial charge in [-0.15, -0.1) is 10.2 Å². The van der Waals surface area contributed by atoms with Crippen LogP contribution in [0.25, 0.3) is 11.3 Å². The molecule has 6 nitrogen and oxygen atoms in total. The first-order valence-electron chi connectivity index (χ1n) is 10.5. The van der Waals surface area contributed by atoms with Gasteiger partial charge >= 0.3 is 0 Å². The number of amides is 1. The zero-order valence-electron chi connectivity index (χ0n) is 16.9. The number of piperazine rings is 1. The second-order valence-electron chi connectivity index (χ2n) is 7.83. The van der Waals surface area contributed by atoms with E-state index in [1.807, 2.05) is 17.0 Å². The van der Waals surface area contributed by atoms with Crippen molar-refractivity contribution in [3.8, 4) is 11.3 Å². The Morgan fingerprint density at radius 3 is 2.45 bits per heavy atom. The Bertz CT molecular complexity index is 818. The Hall–Kier alpha value is -2.54. The Kier molecular flexibility index (Phi) is 6.04. The topological polar surface area (TPSA) is 52.6 Å². The van der Waals surface area contributed by atoms with Crippen LogP contribution in [0.2, 0.25) is 0 Å². The Balaban J connectivity index is 1.39. The van der Waals surface area contributed by atoms with Crippen LogP contribution in [0.3, 0.4) is 0 Å². The van der Waals surface area contributed by atoms with Gasteiger partial charge in [0.05, 0.1) is 11.6 Å². The number of halogens is 1. The molecule has 0 radical (unpaired) electrons. The highest BCUT2D eigenvalue weighted by atomic mass is 19.1. The number of nitrogens with zero attached hydrogens (tertiary/aromatic N) is 5. The van der Waals surface area contributed by atoms with Crippen molar-refractivity contribution in [3.63, 3.8) is 0 Å². The molecule has 2 saturated heterocycles. The van der Waals surface area contributed by atoms with E-state index in [1.54, 1.807) is 12.1 Å². The third kappa shape index (κ3) is 4.56. The number of anilines is 1. The SMILES string of the molecule is CCN1CCN(C(=O)C2CCCN(c3ccc(-c4ccc(F)cc4)nn3)C2)CC1. The predicted octanol–water partition coefficient (Wildman–Crippen LogP) is 2.66. The smallest absolute Gasteiger partial charge is 0.227 e. The van der Waals surface area contributed by atoms with E-state index in [2.05, 4.69) is 26.9 Å². The second-order valence-corrected chi connectivity index (χ2v) is 7.83. The van der Waals surface area contributed by atoms with Gasteiger partial charge in [-0.25, -0.2) is 4.39 Å². The fourth-order valence-electron chi connectivity index (χ4n) is 4.20. The highest BCUT2D eigenvalue weighted by Crippen LogP contribution is 2.25. The van der Waals surface area contributed by atoms with Gasteiger partial charge < -0.3 is 14.7 Å². The summed E-state index contributed by atoms with van der Waals surface area (Å²) in [6.45, 7) is 8.38. The average Bonchev–Trinajstić information content (AvgIpc) is 2.79. The van der Waals surface area contributed by atoms with Crippen molar-refractivity contribution < 1.29 is 9.18 Å². The molecule has 2 aliphatic heterocycles. The maximum Gasteiger partial charge on any atom is 0.227 e. The van der Waals surface area contributed by atoms with Crippen LogP contribution >= 0.6 is 0 Å². The molecule has 2 fully saturated rings. The lowest BCUT2D eigenvalue weighted by atomic mass is 9.96. The molecule has 3 heterocycles. The minimum Gasteiger partial charge on any atom is -0.354 e. The molecule has 1 aromatic heterocycles. The standard InChI is InChI=1S/C22H28FN5O/c1-2-26-12-14-27(15-13-26)22(29)18-4-3-11-28(16-18)21-10-9-20(24-25-21)17-5-7-19(23)8-6-17/h5-10,18H,2-4,11-16H2,1H3. The number of hydrogen-bond donors (Lipinski definition) is 0. The minimum atomic E-state index is -0.265. The highest BCUT2D eigenvalue weighted by molar-refractivity contribution is 5.80. The zero-order chi connectivity index (χ0) is 20.2. The van der Waals surface area contributed by atoms with Crippen LogP contribution in [0.1, 0.15) is 19.8 Å². The molecule has 2 aliphatic rings. The van der Waals surface area contributed by atoms with Gasteiger partial charge in [-0.1, -0.05) is 6.92 Å². The van der Waals surface area contributed by atoms with Crippen molar-refractivity contribution in [2.75, 3.05) is 50.7 Å². The molecule has 1 aromatic carbocycles. The van der Waals surface area contributed by atoms with E-state index in [0.29, 0.717) is 12.2 Å².